The summed E-state index contributed by atoms with van der Waals surface area (Å²) >= 11 is 0. The van der Waals surface area contributed by atoms with Gasteiger partial charge in [-0.1, -0.05) is 24.3 Å². The van der Waals surface area contributed by atoms with Gasteiger partial charge in [-0.3, -0.25) is 19.3 Å². The highest BCUT2D eigenvalue weighted by Gasteiger charge is 2.63. The van der Waals surface area contributed by atoms with Gasteiger partial charge in [-0.05, 0) is 38.4 Å². The first-order chi connectivity index (χ1) is 13.6. The minimum absolute atomic E-state index is 0.0153. The van der Waals surface area contributed by atoms with E-state index in [1.807, 2.05) is 12.1 Å². The van der Waals surface area contributed by atoms with E-state index in [1.165, 1.54) is 0 Å². The van der Waals surface area contributed by atoms with Crippen LogP contribution in [0.1, 0.15) is 22.3 Å². The van der Waals surface area contributed by atoms with E-state index in [-0.39, 0.29) is 12.0 Å². The third kappa shape index (κ3) is 2.42. The van der Waals surface area contributed by atoms with E-state index in [9.17, 15) is 29.7 Å². The molecule has 152 valence electrons. The normalized spacial score (nSPS) is 31.5. The number of amides is 1. The van der Waals surface area contributed by atoms with Crippen LogP contribution in [0.3, 0.4) is 0 Å². The number of carbonyl (C=O) groups excluding carboxylic acids is 3. The predicted molar refractivity (Wildman–Crippen MR) is 102 cm³/mol. The molecule has 0 aliphatic heterocycles. The molecule has 0 bridgehead atoms. The first kappa shape index (κ1) is 19.4. The highest BCUT2D eigenvalue weighted by Crippen LogP contribution is 2.51. The van der Waals surface area contributed by atoms with Gasteiger partial charge >= 0.3 is 0 Å². The number of hydrogen-bond acceptors (Lipinski definition) is 7. The molecule has 4 rings (SSSR count). The lowest BCUT2D eigenvalue weighted by Crippen LogP contribution is -2.63. The molecule has 8 nitrogen and oxygen atoms in total. The fourth-order valence-electron chi connectivity index (χ4n) is 5.10. The molecular formula is C21H22N2O6. The van der Waals surface area contributed by atoms with Crippen molar-refractivity contribution in [2.45, 2.75) is 24.5 Å². The van der Waals surface area contributed by atoms with Crippen LogP contribution in [0.5, 0.6) is 0 Å². The van der Waals surface area contributed by atoms with Crippen molar-refractivity contribution in [1.82, 2.24) is 4.90 Å². The Hall–Kier alpha value is -2.97. The Kier molecular flexibility index (Phi) is 4.18. The van der Waals surface area contributed by atoms with Crippen LogP contribution in [0.25, 0.3) is 0 Å². The summed E-state index contributed by atoms with van der Waals surface area (Å²) in [7, 11) is 3.24. The smallest absolute Gasteiger partial charge is 0.255 e. The average molecular weight is 398 g/mol. The van der Waals surface area contributed by atoms with Crippen molar-refractivity contribution < 1.29 is 29.7 Å². The summed E-state index contributed by atoms with van der Waals surface area (Å²) in [5, 5.41) is 33.0. The summed E-state index contributed by atoms with van der Waals surface area (Å²) in [6.45, 7) is 0. The topological polar surface area (TPSA) is 141 Å². The molecule has 3 aliphatic carbocycles. The standard InChI is InChI=1S/C21H22N2O6/c1-23(2)15-12-8-10-7-9-5-3-4-6-11(9)16(24)13(10)18(26)21(12,29)19(27)14(17(15)25)20(22)28/h3-6,10,12,15,25-26,29H,7-8H2,1-2H3,(H2,22,28)/t10-,12-,15-,21-/m0/s1. The number of primary amides is 1. The van der Waals surface area contributed by atoms with Gasteiger partial charge in [0.25, 0.3) is 5.91 Å². The number of carbonyl (C=O) groups is 3. The number of allylic oxidation sites excluding steroid dienone is 1. The molecule has 4 atom stereocenters. The van der Waals surface area contributed by atoms with E-state index in [1.54, 1.807) is 31.1 Å². The predicted octanol–water partition coefficient (Wildman–Crippen LogP) is 0.415. The molecule has 0 saturated heterocycles. The molecule has 0 spiro atoms. The van der Waals surface area contributed by atoms with Crippen LogP contribution in [0.4, 0.5) is 0 Å². The molecule has 8 heteroatoms. The Morgan fingerprint density at radius 1 is 1.21 bits per heavy atom. The van der Waals surface area contributed by atoms with Crippen molar-refractivity contribution in [2.24, 2.45) is 17.6 Å². The summed E-state index contributed by atoms with van der Waals surface area (Å²) in [5.74, 6) is -5.50. The quantitative estimate of drug-likeness (QED) is 0.529. The van der Waals surface area contributed by atoms with Gasteiger partial charge in [0, 0.05) is 17.1 Å². The molecule has 1 aromatic rings. The first-order valence-corrected chi connectivity index (χ1v) is 9.33. The van der Waals surface area contributed by atoms with Crippen LogP contribution in [-0.4, -0.2) is 63.4 Å². The van der Waals surface area contributed by atoms with Crippen LogP contribution in [0.2, 0.25) is 0 Å². The zero-order valence-electron chi connectivity index (χ0n) is 16.0. The van der Waals surface area contributed by atoms with Crippen molar-refractivity contribution in [1.29, 1.82) is 0 Å². The molecule has 29 heavy (non-hydrogen) atoms. The van der Waals surface area contributed by atoms with E-state index >= 15 is 0 Å². The second-order valence-corrected chi connectivity index (χ2v) is 8.12. The Balaban J connectivity index is 1.96. The number of Topliss-reactive ketones (excluding diaryl/α,β-unsaturated/α-hetero) is 2. The van der Waals surface area contributed by atoms with Crippen molar-refractivity contribution >= 4 is 17.5 Å². The maximum Gasteiger partial charge on any atom is 0.255 e. The zero-order valence-corrected chi connectivity index (χ0v) is 16.0. The summed E-state index contributed by atoms with van der Waals surface area (Å²) < 4.78 is 0. The highest BCUT2D eigenvalue weighted by molar-refractivity contribution is 6.24. The van der Waals surface area contributed by atoms with Gasteiger partial charge in [-0.2, -0.15) is 0 Å². The number of rotatable bonds is 2. The Bertz CT molecular complexity index is 1020. The molecule has 0 aromatic heterocycles. The number of aliphatic hydroxyl groups is 3. The van der Waals surface area contributed by atoms with Gasteiger partial charge in [0.15, 0.2) is 11.4 Å². The van der Waals surface area contributed by atoms with Gasteiger partial charge < -0.3 is 21.1 Å². The lowest BCUT2D eigenvalue weighted by molar-refractivity contribution is -0.148. The van der Waals surface area contributed by atoms with E-state index in [0.29, 0.717) is 12.0 Å². The number of fused-ring (bicyclic) bond motifs is 3. The maximum atomic E-state index is 13.1. The highest BCUT2D eigenvalue weighted by atomic mass is 16.3. The first-order valence-electron chi connectivity index (χ1n) is 9.33. The SMILES string of the molecule is CN(C)[C@@H]1C(O)=C(C(N)=O)C(=O)[C@@]2(O)C(O)=C3C(=O)c4ccccc4C[C@H]3C[C@@H]12. The number of nitrogens with two attached hydrogens (primary N) is 1. The van der Waals surface area contributed by atoms with Crippen molar-refractivity contribution in [3.05, 3.63) is 58.1 Å². The number of ketones is 2. The molecule has 0 unspecified atom stereocenters. The van der Waals surface area contributed by atoms with Crippen molar-refractivity contribution in [3.8, 4) is 0 Å². The van der Waals surface area contributed by atoms with E-state index in [4.69, 9.17) is 5.73 Å². The Labute approximate surface area is 166 Å². The van der Waals surface area contributed by atoms with Gasteiger partial charge in [0.1, 0.15) is 17.1 Å². The zero-order chi connectivity index (χ0) is 21.2. The van der Waals surface area contributed by atoms with Crippen molar-refractivity contribution in [3.63, 3.8) is 0 Å². The molecule has 0 radical (unpaired) electrons. The lowest BCUT2D eigenvalue weighted by Gasteiger charge is -2.50. The van der Waals surface area contributed by atoms with Gasteiger partial charge in [0.05, 0.1) is 6.04 Å². The lowest BCUT2D eigenvalue weighted by atomic mass is 9.58. The minimum atomic E-state index is -2.51. The Morgan fingerprint density at radius 2 is 1.86 bits per heavy atom. The number of benzene rings is 1. The van der Waals surface area contributed by atoms with E-state index in [0.717, 1.165) is 5.56 Å². The van der Waals surface area contributed by atoms with Gasteiger partial charge in [-0.15, -0.1) is 0 Å². The average Bonchev–Trinajstić information content (AvgIpc) is 2.64. The molecule has 1 aromatic carbocycles. The second kappa shape index (κ2) is 6.27. The van der Waals surface area contributed by atoms with Crippen LogP contribution >= 0.6 is 0 Å². The van der Waals surface area contributed by atoms with Gasteiger partial charge in [0.2, 0.25) is 5.78 Å². The fourth-order valence-corrected chi connectivity index (χ4v) is 5.10. The van der Waals surface area contributed by atoms with E-state index < -0.39 is 58.0 Å². The van der Waals surface area contributed by atoms with Crippen LogP contribution in [0, 0.1) is 11.8 Å². The molecule has 0 saturated carbocycles. The molecule has 5 N–H and O–H groups in total. The summed E-state index contributed by atoms with van der Waals surface area (Å²) in [6.07, 6.45) is 0.621. The van der Waals surface area contributed by atoms with Crippen molar-refractivity contribution in [2.75, 3.05) is 14.1 Å². The monoisotopic (exact) mass is 398 g/mol. The Morgan fingerprint density at radius 3 is 2.48 bits per heavy atom. The number of nitrogens with zero attached hydrogens (tertiary/aromatic N) is 1. The molecule has 1 amide bonds. The number of aliphatic hydroxyl groups excluding tert-OH is 2. The molecular weight excluding hydrogens is 376 g/mol. The summed E-state index contributed by atoms with van der Waals surface area (Å²) in [6, 6.07) is 6.06. The number of hydrogen-bond donors (Lipinski definition) is 4. The molecule has 0 heterocycles. The van der Waals surface area contributed by atoms with E-state index in [2.05, 4.69) is 0 Å². The molecule has 3 aliphatic rings. The largest absolute Gasteiger partial charge is 0.510 e. The maximum absolute atomic E-state index is 13.1. The minimum Gasteiger partial charge on any atom is -0.510 e. The summed E-state index contributed by atoms with van der Waals surface area (Å²) in [5.41, 5.74) is 3.24. The fraction of sp³-hybridized carbons (Fsp3) is 0.381. The van der Waals surface area contributed by atoms with Gasteiger partial charge in [-0.25, -0.2) is 0 Å². The molecule has 0 fully saturated rings. The van der Waals surface area contributed by atoms with Crippen LogP contribution in [-0.2, 0) is 16.0 Å². The van der Waals surface area contributed by atoms with Crippen LogP contribution in [0.15, 0.2) is 46.9 Å². The third-order valence-electron chi connectivity index (χ3n) is 6.37. The number of likely N-dealkylation sites (N-methyl/N-ethyl adjacent to an activating group) is 1. The summed E-state index contributed by atoms with van der Waals surface area (Å²) in [4.78, 5) is 39.5. The second-order valence-electron chi connectivity index (χ2n) is 8.12. The third-order valence-corrected chi connectivity index (χ3v) is 6.37. The van der Waals surface area contributed by atoms with Crippen LogP contribution < -0.4 is 5.73 Å².